The van der Waals surface area contributed by atoms with Gasteiger partial charge in [-0.1, -0.05) is 6.92 Å². The molecule has 0 aliphatic carbocycles. The summed E-state index contributed by atoms with van der Waals surface area (Å²) >= 11 is 0. The third kappa shape index (κ3) is 10.9. The van der Waals surface area contributed by atoms with E-state index in [1.807, 2.05) is 13.8 Å². The zero-order valence-corrected chi connectivity index (χ0v) is 28.2. The van der Waals surface area contributed by atoms with Gasteiger partial charge in [-0.2, -0.15) is 0 Å². The summed E-state index contributed by atoms with van der Waals surface area (Å²) in [6.45, 7) is 6.07. The lowest BCUT2D eigenvalue weighted by molar-refractivity contribution is -0.0115. The number of rotatable bonds is 7. The standard InChI is InChI=1S/C36H45F2N5O6/c1-23-20-43(24(2)22-44)34(45)31-19-30(40-35(46)39-28-12-8-26(37)9-13-28)16-17-32(31)49-25(3)7-5-6-18-48-33(23)21-42(4)36(47)41-29-14-10-27(38)11-15-29/h8-17,19,23-25,33,44H,5-7,18,20-22H2,1-4H3,(H,41,47)(H2,39,40,46)/t23-,24+,25+,33+/m0/s1. The van der Waals surface area contributed by atoms with Gasteiger partial charge in [-0.25, -0.2) is 18.4 Å². The van der Waals surface area contributed by atoms with Crippen LogP contribution in [0, 0.1) is 17.6 Å². The summed E-state index contributed by atoms with van der Waals surface area (Å²) in [5.41, 5.74) is 1.36. The second-order valence-corrected chi connectivity index (χ2v) is 12.4. The van der Waals surface area contributed by atoms with Crippen LogP contribution in [0.1, 0.15) is 50.4 Å². The average molecular weight is 682 g/mol. The third-order valence-electron chi connectivity index (χ3n) is 8.31. The molecule has 0 spiro atoms. The second kappa shape index (κ2) is 17.6. The fourth-order valence-electron chi connectivity index (χ4n) is 5.39. The normalized spacial score (nSPS) is 19.4. The Morgan fingerprint density at radius 1 is 0.939 bits per heavy atom. The Kier molecular flexibility index (Phi) is 13.3. The summed E-state index contributed by atoms with van der Waals surface area (Å²) in [4.78, 5) is 43.1. The Bertz CT molecular complexity index is 1560. The van der Waals surface area contributed by atoms with Crippen LogP contribution in [0.15, 0.2) is 66.7 Å². The van der Waals surface area contributed by atoms with Gasteiger partial charge in [0.25, 0.3) is 5.91 Å². The summed E-state index contributed by atoms with van der Waals surface area (Å²) in [7, 11) is 1.63. The lowest BCUT2D eigenvalue weighted by atomic mass is 10.0. The minimum absolute atomic E-state index is 0.177. The number of nitrogens with one attached hydrogen (secondary N) is 3. The van der Waals surface area contributed by atoms with E-state index in [0.29, 0.717) is 35.8 Å². The summed E-state index contributed by atoms with van der Waals surface area (Å²) in [6.07, 6.45) is 1.52. The number of carbonyl (C=O) groups is 3. The zero-order chi connectivity index (χ0) is 35.5. The van der Waals surface area contributed by atoms with E-state index in [1.165, 1.54) is 59.5 Å². The van der Waals surface area contributed by atoms with E-state index in [4.69, 9.17) is 9.47 Å². The largest absolute Gasteiger partial charge is 0.490 e. The molecule has 0 saturated heterocycles. The number of hydrogen-bond acceptors (Lipinski definition) is 6. The van der Waals surface area contributed by atoms with Gasteiger partial charge in [-0.15, -0.1) is 0 Å². The highest BCUT2D eigenvalue weighted by Crippen LogP contribution is 2.29. The molecule has 49 heavy (non-hydrogen) atoms. The minimum atomic E-state index is -0.591. The second-order valence-electron chi connectivity index (χ2n) is 12.4. The predicted octanol–water partition coefficient (Wildman–Crippen LogP) is 6.57. The van der Waals surface area contributed by atoms with E-state index in [2.05, 4.69) is 16.0 Å². The van der Waals surface area contributed by atoms with Crippen LogP contribution in [0.3, 0.4) is 0 Å². The molecule has 0 saturated carbocycles. The molecule has 0 fully saturated rings. The highest BCUT2D eigenvalue weighted by Gasteiger charge is 2.31. The van der Waals surface area contributed by atoms with E-state index in [1.54, 1.807) is 31.0 Å². The molecular formula is C36H45F2N5O6. The average Bonchev–Trinajstić information content (AvgIpc) is 3.07. The molecule has 1 aliphatic rings. The lowest BCUT2D eigenvalue weighted by Crippen LogP contribution is -2.48. The molecule has 11 nitrogen and oxygen atoms in total. The van der Waals surface area contributed by atoms with Crippen molar-refractivity contribution in [2.24, 2.45) is 5.92 Å². The van der Waals surface area contributed by atoms with E-state index in [-0.39, 0.29) is 37.3 Å². The van der Waals surface area contributed by atoms with Gasteiger partial charge in [0.1, 0.15) is 17.4 Å². The summed E-state index contributed by atoms with van der Waals surface area (Å²) in [5.74, 6) is -1.21. The van der Waals surface area contributed by atoms with E-state index >= 15 is 0 Å². The minimum Gasteiger partial charge on any atom is -0.490 e. The van der Waals surface area contributed by atoms with Crippen molar-refractivity contribution < 1.29 is 37.7 Å². The molecule has 3 aromatic rings. The Hall–Kier alpha value is -4.75. The Morgan fingerprint density at radius 2 is 1.53 bits per heavy atom. The topological polar surface area (TPSA) is 132 Å². The van der Waals surface area contributed by atoms with Crippen LogP contribution in [0.4, 0.5) is 35.4 Å². The number of likely N-dealkylation sites (N-methyl/N-ethyl adjacent to an activating group) is 1. The van der Waals surface area contributed by atoms with Crippen LogP contribution in [-0.2, 0) is 4.74 Å². The number of ether oxygens (including phenoxy) is 2. The molecule has 0 bridgehead atoms. The number of anilines is 3. The highest BCUT2D eigenvalue weighted by atomic mass is 19.1. The number of aliphatic hydroxyl groups is 1. The van der Waals surface area contributed by atoms with Crippen LogP contribution in [-0.4, -0.2) is 84.5 Å². The molecular weight excluding hydrogens is 636 g/mol. The van der Waals surface area contributed by atoms with E-state index < -0.39 is 41.7 Å². The quantitative estimate of drug-likeness (QED) is 0.223. The molecule has 264 valence electrons. The highest BCUT2D eigenvalue weighted by molar-refractivity contribution is 6.02. The molecule has 1 heterocycles. The van der Waals surface area contributed by atoms with Crippen molar-refractivity contribution in [1.82, 2.24) is 9.80 Å². The number of aliphatic hydroxyl groups excluding tert-OH is 1. The van der Waals surface area contributed by atoms with Crippen molar-refractivity contribution in [3.8, 4) is 5.75 Å². The van der Waals surface area contributed by atoms with Gasteiger partial charge in [0.15, 0.2) is 0 Å². The molecule has 3 aromatic carbocycles. The molecule has 13 heteroatoms. The van der Waals surface area contributed by atoms with Crippen molar-refractivity contribution >= 4 is 35.0 Å². The number of carbonyl (C=O) groups excluding carboxylic acids is 3. The molecule has 5 amide bonds. The number of halogens is 2. The lowest BCUT2D eigenvalue weighted by Gasteiger charge is -2.35. The van der Waals surface area contributed by atoms with E-state index in [0.717, 1.165) is 12.8 Å². The molecule has 4 rings (SSSR count). The number of hydrogen-bond donors (Lipinski definition) is 4. The smallest absolute Gasteiger partial charge is 0.323 e. The van der Waals surface area contributed by atoms with Crippen LogP contribution in [0.25, 0.3) is 0 Å². The summed E-state index contributed by atoms with van der Waals surface area (Å²) in [6, 6.07) is 14.0. The maximum absolute atomic E-state index is 14.3. The molecule has 0 unspecified atom stereocenters. The fourth-order valence-corrected chi connectivity index (χ4v) is 5.39. The summed E-state index contributed by atoms with van der Waals surface area (Å²) in [5, 5.41) is 18.3. The van der Waals surface area contributed by atoms with Gasteiger partial charge in [0, 0.05) is 49.7 Å². The maximum atomic E-state index is 14.3. The van der Waals surface area contributed by atoms with Crippen LogP contribution < -0.4 is 20.7 Å². The molecule has 1 aliphatic heterocycles. The first kappa shape index (κ1) is 37.1. The van der Waals surface area contributed by atoms with Crippen molar-refractivity contribution in [2.45, 2.75) is 58.3 Å². The van der Waals surface area contributed by atoms with Gasteiger partial charge in [0.05, 0.1) is 30.4 Å². The third-order valence-corrected chi connectivity index (χ3v) is 8.31. The van der Waals surface area contributed by atoms with Gasteiger partial charge in [-0.05, 0) is 99.8 Å². The molecule has 0 aromatic heterocycles. The van der Waals surface area contributed by atoms with E-state index in [9.17, 15) is 28.3 Å². The molecule has 0 radical (unpaired) electrons. The maximum Gasteiger partial charge on any atom is 0.323 e. The van der Waals surface area contributed by atoms with Crippen molar-refractivity contribution in [2.75, 3.05) is 49.3 Å². The van der Waals surface area contributed by atoms with Gasteiger partial charge in [0.2, 0.25) is 0 Å². The van der Waals surface area contributed by atoms with Crippen LogP contribution in [0.5, 0.6) is 5.75 Å². The van der Waals surface area contributed by atoms with Gasteiger partial charge >= 0.3 is 12.1 Å². The first-order chi connectivity index (χ1) is 23.4. The van der Waals surface area contributed by atoms with Crippen molar-refractivity contribution in [1.29, 1.82) is 0 Å². The first-order valence-corrected chi connectivity index (χ1v) is 16.4. The van der Waals surface area contributed by atoms with Crippen LogP contribution >= 0.6 is 0 Å². The summed E-state index contributed by atoms with van der Waals surface area (Å²) < 4.78 is 39.2. The van der Waals surface area contributed by atoms with Gasteiger partial charge in [-0.3, -0.25) is 4.79 Å². The zero-order valence-electron chi connectivity index (χ0n) is 28.2. The fraction of sp³-hybridized carbons (Fsp3) is 0.417. The number of amides is 5. The van der Waals surface area contributed by atoms with Gasteiger partial charge < -0.3 is 40.3 Å². The Morgan fingerprint density at radius 3 is 2.16 bits per heavy atom. The number of nitrogens with zero attached hydrogens (tertiary/aromatic N) is 2. The van der Waals surface area contributed by atoms with Crippen LogP contribution in [0.2, 0.25) is 0 Å². The predicted molar refractivity (Wildman–Crippen MR) is 184 cm³/mol. The first-order valence-electron chi connectivity index (χ1n) is 16.4. The number of fused-ring (bicyclic) bond motifs is 1. The SMILES string of the molecule is C[C@@H]1CCCCO[C@H](CN(C)C(=O)Nc2ccc(F)cc2)[C@@H](C)CN([C@H](C)CO)C(=O)c2cc(NC(=O)Nc3ccc(F)cc3)ccc2O1. The monoisotopic (exact) mass is 681 g/mol. The number of benzene rings is 3. The Balaban J connectivity index is 1.57. The molecule has 4 atom stereocenters. The number of urea groups is 2. The Labute approximate surface area is 285 Å². The van der Waals surface area contributed by atoms with Crippen molar-refractivity contribution in [3.63, 3.8) is 0 Å². The van der Waals surface area contributed by atoms with Crippen molar-refractivity contribution in [3.05, 3.63) is 83.9 Å². The molecule has 4 N–H and O–H groups in total.